The second kappa shape index (κ2) is 3.78. The summed E-state index contributed by atoms with van der Waals surface area (Å²) in [5.41, 5.74) is 0.672. The molecule has 0 aliphatic carbocycles. The highest BCUT2D eigenvalue weighted by atomic mass is 32.1. The summed E-state index contributed by atoms with van der Waals surface area (Å²) < 4.78 is 1.38. The van der Waals surface area contributed by atoms with Gasteiger partial charge in [-0.05, 0) is 19.1 Å². The van der Waals surface area contributed by atoms with Crippen LogP contribution in [0.5, 0.6) is 0 Å². The molecule has 0 radical (unpaired) electrons. The quantitative estimate of drug-likeness (QED) is 0.719. The Balaban J connectivity index is 2.63. The number of carbonyl (C=O) groups excluding carboxylic acids is 1. The molecule has 0 spiro atoms. The summed E-state index contributed by atoms with van der Waals surface area (Å²) in [5.74, 6) is 0. The standard InChI is InChI=1S/C10H8N2O2S/c1-7-6-15-10(11-7)12-4-2-3-8(5-13)9(12)14/h2-6H,1H3. The highest BCUT2D eigenvalue weighted by molar-refractivity contribution is 7.12. The molecule has 5 heteroatoms. The van der Waals surface area contributed by atoms with Crippen molar-refractivity contribution in [2.75, 3.05) is 0 Å². The second-order valence-electron chi connectivity index (χ2n) is 3.03. The zero-order chi connectivity index (χ0) is 10.8. The number of hydrogen-bond donors (Lipinski definition) is 0. The average molecular weight is 220 g/mol. The first-order valence-electron chi connectivity index (χ1n) is 4.31. The molecule has 0 aliphatic heterocycles. The minimum absolute atomic E-state index is 0.144. The Hall–Kier alpha value is -1.75. The molecule has 4 nitrogen and oxygen atoms in total. The Kier molecular flexibility index (Phi) is 2.47. The number of aryl methyl sites for hydroxylation is 1. The van der Waals surface area contributed by atoms with Crippen LogP contribution < -0.4 is 5.56 Å². The van der Waals surface area contributed by atoms with Gasteiger partial charge in [0.1, 0.15) is 0 Å². The summed E-state index contributed by atoms with van der Waals surface area (Å²) in [7, 11) is 0. The van der Waals surface area contributed by atoms with Crippen molar-refractivity contribution in [3.63, 3.8) is 0 Å². The third-order valence-electron chi connectivity index (χ3n) is 1.92. The Morgan fingerprint density at radius 3 is 2.93 bits per heavy atom. The van der Waals surface area contributed by atoms with Crippen molar-refractivity contribution in [3.8, 4) is 5.13 Å². The van der Waals surface area contributed by atoms with Gasteiger partial charge in [0.25, 0.3) is 5.56 Å². The van der Waals surface area contributed by atoms with E-state index in [1.54, 1.807) is 12.3 Å². The van der Waals surface area contributed by atoms with Crippen LogP contribution in [0.1, 0.15) is 16.1 Å². The molecule has 2 heterocycles. The molecule has 2 aromatic heterocycles. The van der Waals surface area contributed by atoms with Crippen LogP contribution in [0.2, 0.25) is 0 Å². The molecule has 15 heavy (non-hydrogen) atoms. The minimum atomic E-state index is -0.332. The molecule has 0 atom stereocenters. The third-order valence-corrected chi connectivity index (χ3v) is 2.87. The van der Waals surface area contributed by atoms with Gasteiger partial charge < -0.3 is 0 Å². The van der Waals surface area contributed by atoms with Crippen LogP contribution in [0.3, 0.4) is 0 Å². The van der Waals surface area contributed by atoms with Crippen molar-refractivity contribution in [1.29, 1.82) is 0 Å². The second-order valence-corrected chi connectivity index (χ2v) is 3.86. The summed E-state index contributed by atoms with van der Waals surface area (Å²) in [6.45, 7) is 1.86. The van der Waals surface area contributed by atoms with Crippen molar-refractivity contribution in [1.82, 2.24) is 9.55 Å². The Morgan fingerprint density at radius 1 is 1.53 bits per heavy atom. The predicted molar refractivity (Wildman–Crippen MR) is 57.8 cm³/mol. The van der Waals surface area contributed by atoms with E-state index in [0.717, 1.165) is 5.69 Å². The summed E-state index contributed by atoms with van der Waals surface area (Å²) >= 11 is 1.37. The number of rotatable bonds is 2. The average Bonchev–Trinajstić information content (AvgIpc) is 2.65. The van der Waals surface area contributed by atoms with Crippen molar-refractivity contribution >= 4 is 17.6 Å². The van der Waals surface area contributed by atoms with E-state index in [0.29, 0.717) is 11.4 Å². The first-order chi connectivity index (χ1) is 7.22. The fourth-order valence-corrected chi connectivity index (χ4v) is 1.99. The van der Waals surface area contributed by atoms with Crippen LogP contribution in [0.25, 0.3) is 5.13 Å². The Labute approximate surface area is 89.8 Å². The van der Waals surface area contributed by atoms with Gasteiger partial charge in [0.15, 0.2) is 11.4 Å². The van der Waals surface area contributed by atoms with E-state index in [9.17, 15) is 9.59 Å². The van der Waals surface area contributed by atoms with Gasteiger partial charge in [-0.2, -0.15) is 0 Å². The molecule has 0 bridgehead atoms. The van der Waals surface area contributed by atoms with Gasteiger partial charge >= 0.3 is 0 Å². The first kappa shape index (κ1) is 9.79. The molecular formula is C10H8N2O2S. The SMILES string of the molecule is Cc1csc(-n2cccc(C=O)c2=O)n1. The highest BCUT2D eigenvalue weighted by Gasteiger charge is 2.06. The number of hydrogen-bond acceptors (Lipinski definition) is 4. The fourth-order valence-electron chi connectivity index (χ4n) is 1.20. The van der Waals surface area contributed by atoms with Crippen LogP contribution in [0.15, 0.2) is 28.5 Å². The van der Waals surface area contributed by atoms with Gasteiger partial charge in [-0.25, -0.2) is 4.98 Å². The van der Waals surface area contributed by atoms with E-state index in [-0.39, 0.29) is 11.1 Å². The maximum atomic E-state index is 11.7. The van der Waals surface area contributed by atoms with Gasteiger partial charge in [0.05, 0.1) is 11.3 Å². The third kappa shape index (κ3) is 1.73. The summed E-state index contributed by atoms with van der Waals surface area (Å²) in [6.07, 6.45) is 2.16. The van der Waals surface area contributed by atoms with Crippen molar-refractivity contribution in [2.24, 2.45) is 0 Å². The van der Waals surface area contributed by atoms with E-state index >= 15 is 0 Å². The maximum absolute atomic E-state index is 11.7. The monoisotopic (exact) mass is 220 g/mol. The lowest BCUT2D eigenvalue weighted by atomic mass is 10.3. The number of pyridine rings is 1. The van der Waals surface area contributed by atoms with E-state index in [1.165, 1.54) is 22.0 Å². The summed E-state index contributed by atoms with van der Waals surface area (Å²) in [6, 6.07) is 3.15. The van der Waals surface area contributed by atoms with Crippen molar-refractivity contribution in [3.05, 3.63) is 45.3 Å². The molecule has 0 aliphatic rings. The smallest absolute Gasteiger partial charge is 0.267 e. The van der Waals surface area contributed by atoms with E-state index < -0.39 is 0 Å². The van der Waals surface area contributed by atoms with E-state index in [4.69, 9.17) is 0 Å². The van der Waals surface area contributed by atoms with Crippen molar-refractivity contribution < 1.29 is 4.79 Å². The van der Waals surface area contributed by atoms with Crippen LogP contribution in [-0.4, -0.2) is 15.8 Å². The molecule has 0 saturated heterocycles. The lowest BCUT2D eigenvalue weighted by molar-refractivity contribution is 0.112. The van der Waals surface area contributed by atoms with Gasteiger partial charge in [-0.3, -0.25) is 14.2 Å². The molecule has 2 aromatic rings. The van der Waals surface area contributed by atoms with Crippen LogP contribution >= 0.6 is 11.3 Å². The van der Waals surface area contributed by atoms with Crippen LogP contribution in [-0.2, 0) is 0 Å². The lowest BCUT2D eigenvalue weighted by Gasteiger charge is -2.00. The topological polar surface area (TPSA) is 52.0 Å². The molecule has 0 fully saturated rings. The van der Waals surface area contributed by atoms with E-state index in [2.05, 4.69) is 4.98 Å². The zero-order valence-corrected chi connectivity index (χ0v) is 8.82. The minimum Gasteiger partial charge on any atom is -0.298 e. The number of thiazole rings is 1. The summed E-state index contributed by atoms with van der Waals surface area (Å²) in [5, 5.41) is 2.44. The lowest BCUT2D eigenvalue weighted by Crippen LogP contribution is -2.20. The Morgan fingerprint density at radius 2 is 2.33 bits per heavy atom. The Bertz CT molecular complexity index is 557. The van der Waals surface area contributed by atoms with Crippen LogP contribution in [0, 0.1) is 6.92 Å². The zero-order valence-electron chi connectivity index (χ0n) is 8.01. The molecule has 0 unspecified atom stereocenters. The first-order valence-corrected chi connectivity index (χ1v) is 5.19. The maximum Gasteiger partial charge on any atom is 0.267 e. The number of carbonyl (C=O) groups is 1. The van der Waals surface area contributed by atoms with Crippen LogP contribution in [0.4, 0.5) is 0 Å². The summed E-state index contributed by atoms with van der Waals surface area (Å²) in [4.78, 5) is 26.5. The molecule has 0 aromatic carbocycles. The molecule has 0 amide bonds. The molecular weight excluding hydrogens is 212 g/mol. The van der Waals surface area contributed by atoms with E-state index in [1.807, 2.05) is 12.3 Å². The number of nitrogens with zero attached hydrogens (tertiary/aromatic N) is 2. The number of aldehydes is 1. The van der Waals surface area contributed by atoms with Crippen molar-refractivity contribution in [2.45, 2.75) is 6.92 Å². The molecule has 2 rings (SSSR count). The largest absolute Gasteiger partial charge is 0.298 e. The van der Waals surface area contributed by atoms with Gasteiger partial charge in [-0.15, -0.1) is 11.3 Å². The van der Waals surface area contributed by atoms with Gasteiger partial charge in [0, 0.05) is 11.6 Å². The van der Waals surface area contributed by atoms with Gasteiger partial charge in [0.2, 0.25) is 0 Å². The fraction of sp³-hybridized carbons (Fsp3) is 0.100. The molecule has 76 valence electrons. The van der Waals surface area contributed by atoms with Gasteiger partial charge in [-0.1, -0.05) is 0 Å². The molecule has 0 saturated carbocycles. The highest BCUT2D eigenvalue weighted by Crippen LogP contribution is 2.11. The predicted octanol–water partition coefficient (Wildman–Crippen LogP) is 1.41. The normalized spacial score (nSPS) is 10.2. The molecule has 0 N–H and O–H groups in total. The number of aromatic nitrogens is 2.